The number of nitrogens with one attached hydrogen (secondary N) is 1. The zero-order chi connectivity index (χ0) is 18.1. The Hall–Kier alpha value is -3.07. The van der Waals surface area contributed by atoms with Crippen LogP contribution in [-0.2, 0) is 17.6 Å². The lowest BCUT2D eigenvalue weighted by Gasteiger charge is -2.24. The van der Waals surface area contributed by atoms with Crippen LogP contribution < -0.4 is 10.1 Å². The van der Waals surface area contributed by atoms with E-state index in [0.717, 1.165) is 12.8 Å². The van der Waals surface area contributed by atoms with Crippen LogP contribution in [0, 0.1) is 11.3 Å². The van der Waals surface area contributed by atoms with E-state index in [1.807, 2.05) is 4.90 Å². The second kappa shape index (κ2) is 6.68. The van der Waals surface area contributed by atoms with Crippen molar-refractivity contribution < 1.29 is 9.53 Å². The Bertz CT molecular complexity index is 865. The SMILES string of the molecule is COc1nccc(N[C@H]2CC(=O)N(C3Cc4ccccc4C3)C2)c1C#N. The third-order valence-corrected chi connectivity index (χ3v) is 5.21. The largest absolute Gasteiger partial charge is 0.480 e. The molecule has 0 saturated carbocycles. The number of ether oxygens (including phenoxy) is 1. The Kier molecular flexibility index (Phi) is 4.21. The van der Waals surface area contributed by atoms with Crippen molar-refractivity contribution in [2.45, 2.75) is 31.3 Å². The van der Waals surface area contributed by atoms with Gasteiger partial charge in [0, 0.05) is 25.2 Å². The molecule has 1 amide bonds. The minimum absolute atomic E-state index is 0.0228. The monoisotopic (exact) mass is 348 g/mol. The van der Waals surface area contributed by atoms with E-state index in [1.54, 1.807) is 12.3 Å². The van der Waals surface area contributed by atoms with Crippen molar-refractivity contribution in [3.05, 3.63) is 53.2 Å². The minimum Gasteiger partial charge on any atom is -0.480 e. The van der Waals surface area contributed by atoms with Crippen LogP contribution in [0.1, 0.15) is 23.1 Å². The zero-order valence-corrected chi connectivity index (χ0v) is 14.6. The quantitative estimate of drug-likeness (QED) is 0.916. The van der Waals surface area contributed by atoms with E-state index >= 15 is 0 Å². The lowest BCUT2D eigenvalue weighted by atomic mass is 10.1. The fourth-order valence-electron chi connectivity index (χ4n) is 3.98. The van der Waals surface area contributed by atoms with Crippen LogP contribution in [0.25, 0.3) is 0 Å². The fourth-order valence-corrected chi connectivity index (χ4v) is 3.98. The molecule has 1 N–H and O–H groups in total. The van der Waals surface area contributed by atoms with E-state index in [2.05, 4.69) is 40.6 Å². The number of hydrogen-bond acceptors (Lipinski definition) is 5. The van der Waals surface area contributed by atoms with Crippen molar-refractivity contribution in [1.29, 1.82) is 5.26 Å². The van der Waals surface area contributed by atoms with Gasteiger partial charge in [0.2, 0.25) is 11.8 Å². The number of fused-ring (bicyclic) bond motifs is 1. The first-order valence-electron chi connectivity index (χ1n) is 8.75. The summed E-state index contributed by atoms with van der Waals surface area (Å²) in [7, 11) is 1.49. The van der Waals surface area contributed by atoms with Gasteiger partial charge in [-0.3, -0.25) is 4.79 Å². The molecule has 26 heavy (non-hydrogen) atoms. The van der Waals surface area contributed by atoms with E-state index < -0.39 is 0 Å². The maximum atomic E-state index is 12.6. The Morgan fingerprint density at radius 2 is 1.96 bits per heavy atom. The number of amides is 1. The molecule has 0 spiro atoms. The molecule has 1 aliphatic heterocycles. The smallest absolute Gasteiger partial charge is 0.233 e. The lowest BCUT2D eigenvalue weighted by molar-refractivity contribution is -0.129. The van der Waals surface area contributed by atoms with Crippen LogP contribution in [0.3, 0.4) is 0 Å². The van der Waals surface area contributed by atoms with Crippen LogP contribution in [0.15, 0.2) is 36.5 Å². The predicted octanol–water partition coefficient (Wildman–Crippen LogP) is 2.14. The summed E-state index contributed by atoms with van der Waals surface area (Å²) < 4.78 is 5.15. The molecule has 0 unspecified atom stereocenters. The van der Waals surface area contributed by atoms with Crippen molar-refractivity contribution in [2.75, 3.05) is 19.0 Å². The third-order valence-electron chi connectivity index (χ3n) is 5.21. The van der Waals surface area contributed by atoms with Gasteiger partial charge >= 0.3 is 0 Å². The highest BCUT2D eigenvalue weighted by Gasteiger charge is 2.37. The number of anilines is 1. The molecule has 1 aromatic carbocycles. The number of nitriles is 1. The topological polar surface area (TPSA) is 78.2 Å². The van der Waals surface area contributed by atoms with Crippen LogP contribution in [0.2, 0.25) is 0 Å². The molecule has 132 valence electrons. The molecule has 0 bridgehead atoms. The Morgan fingerprint density at radius 1 is 1.23 bits per heavy atom. The Labute approximate surface area is 152 Å². The average molecular weight is 348 g/mol. The summed E-state index contributed by atoms with van der Waals surface area (Å²) in [6.45, 7) is 0.646. The van der Waals surface area contributed by atoms with Crippen molar-refractivity contribution in [1.82, 2.24) is 9.88 Å². The highest BCUT2D eigenvalue weighted by molar-refractivity contribution is 5.81. The van der Waals surface area contributed by atoms with Crippen molar-refractivity contribution in [2.24, 2.45) is 0 Å². The van der Waals surface area contributed by atoms with Crippen molar-refractivity contribution >= 4 is 11.6 Å². The molecule has 1 fully saturated rings. The summed E-state index contributed by atoms with van der Waals surface area (Å²) in [6, 6.07) is 12.5. The highest BCUT2D eigenvalue weighted by Crippen LogP contribution is 2.30. The fraction of sp³-hybridized carbons (Fsp3) is 0.350. The molecule has 0 radical (unpaired) electrons. The first-order chi connectivity index (χ1) is 12.7. The number of likely N-dealkylation sites (tertiary alicyclic amines) is 1. The molecular formula is C20H20N4O2. The number of aromatic nitrogens is 1. The van der Waals surface area contributed by atoms with Gasteiger partial charge in [-0.25, -0.2) is 4.98 Å². The molecule has 1 aromatic heterocycles. The van der Waals surface area contributed by atoms with E-state index in [0.29, 0.717) is 30.1 Å². The number of benzene rings is 1. The van der Waals surface area contributed by atoms with Gasteiger partial charge in [-0.15, -0.1) is 0 Å². The van der Waals surface area contributed by atoms with Crippen LogP contribution in [0.4, 0.5) is 5.69 Å². The molecule has 6 nitrogen and oxygen atoms in total. The number of hydrogen-bond donors (Lipinski definition) is 1. The summed E-state index contributed by atoms with van der Waals surface area (Å²) in [5.41, 5.74) is 3.71. The van der Waals surface area contributed by atoms with Crippen LogP contribution in [0.5, 0.6) is 5.88 Å². The summed E-state index contributed by atoms with van der Waals surface area (Å²) in [5, 5.41) is 12.7. The number of methoxy groups -OCH3 is 1. The summed E-state index contributed by atoms with van der Waals surface area (Å²) in [5.74, 6) is 0.463. The third kappa shape index (κ3) is 2.86. The molecule has 4 rings (SSSR count). The number of carbonyl (C=O) groups is 1. The molecular weight excluding hydrogens is 328 g/mol. The van der Waals surface area contributed by atoms with Crippen molar-refractivity contribution in [3.8, 4) is 11.9 Å². The Morgan fingerprint density at radius 3 is 2.62 bits per heavy atom. The maximum absolute atomic E-state index is 12.6. The minimum atomic E-state index is -0.0228. The summed E-state index contributed by atoms with van der Waals surface area (Å²) in [6.07, 6.45) is 3.87. The van der Waals surface area contributed by atoms with Gasteiger partial charge < -0.3 is 15.0 Å². The van der Waals surface area contributed by atoms with Crippen LogP contribution >= 0.6 is 0 Å². The van der Waals surface area contributed by atoms with Crippen molar-refractivity contribution in [3.63, 3.8) is 0 Å². The zero-order valence-electron chi connectivity index (χ0n) is 14.6. The van der Waals surface area contributed by atoms with Gasteiger partial charge in [0.25, 0.3) is 0 Å². The van der Waals surface area contributed by atoms with E-state index in [9.17, 15) is 10.1 Å². The first kappa shape index (κ1) is 16.4. The molecule has 1 atom stereocenters. The second-order valence-electron chi connectivity index (χ2n) is 6.78. The standard InChI is InChI=1S/C20H20N4O2/c1-26-20-17(11-21)18(6-7-22-20)23-15-10-19(25)24(12-15)16-8-13-4-2-3-5-14(13)9-16/h2-7,15-16H,8-10,12H2,1H3,(H,22,23)/t15-/m0/s1. The van der Waals surface area contributed by atoms with Gasteiger partial charge in [0.15, 0.2) is 0 Å². The maximum Gasteiger partial charge on any atom is 0.233 e. The molecule has 1 saturated heterocycles. The van der Waals surface area contributed by atoms with Crippen LogP contribution in [-0.4, -0.2) is 41.5 Å². The van der Waals surface area contributed by atoms with E-state index in [-0.39, 0.29) is 18.0 Å². The van der Waals surface area contributed by atoms with Gasteiger partial charge in [-0.05, 0) is 30.0 Å². The van der Waals surface area contributed by atoms with E-state index in [1.165, 1.54) is 18.2 Å². The predicted molar refractivity (Wildman–Crippen MR) is 96.9 cm³/mol. The first-order valence-corrected chi connectivity index (χ1v) is 8.75. The summed E-state index contributed by atoms with van der Waals surface area (Å²) in [4.78, 5) is 18.6. The average Bonchev–Trinajstić information content (AvgIpc) is 3.24. The summed E-state index contributed by atoms with van der Waals surface area (Å²) >= 11 is 0. The number of nitrogens with zero attached hydrogens (tertiary/aromatic N) is 3. The van der Waals surface area contributed by atoms with Gasteiger partial charge in [-0.2, -0.15) is 5.26 Å². The highest BCUT2D eigenvalue weighted by atomic mass is 16.5. The molecule has 2 aromatic rings. The van der Waals surface area contributed by atoms with Gasteiger partial charge in [-0.1, -0.05) is 24.3 Å². The number of carbonyl (C=O) groups excluding carboxylic acids is 1. The lowest BCUT2D eigenvalue weighted by Crippen LogP contribution is -2.38. The van der Waals surface area contributed by atoms with Gasteiger partial charge in [0.1, 0.15) is 11.6 Å². The molecule has 2 heterocycles. The Balaban J connectivity index is 1.47. The normalized spacial score (nSPS) is 19.3. The number of pyridine rings is 1. The van der Waals surface area contributed by atoms with Gasteiger partial charge in [0.05, 0.1) is 18.8 Å². The molecule has 1 aliphatic carbocycles. The number of rotatable bonds is 4. The molecule has 2 aliphatic rings. The second-order valence-corrected chi connectivity index (χ2v) is 6.78. The molecule has 6 heteroatoms. The van der Waals surface area contributed by atoms with E-state index in [4.69, 9.17) is 4.74 Å².